The molecule has 2 atom stereocenters. The summed E-state index contributed by atoms with van der Waals surface area (Å²) in [6.45, 7) is 3.70. The minimum atomic E-state index is -0.522. The van der Waals surface area contributed by atoms with Gasteiger partial charge in [0.1, 0.15) is 0 Å². The molecule has 0 radical (unpaired) electrons. The number of thiophene rings is 1. The lowest BCUT2D eigenvalue weighted by Gasteiger charge is -2.20. The molecule has 0 fully saturated rings. The van der Waals surface area contributed by atoms with Crippen LogP contribution in [0, 0.1) is 6.92 Å². The van der Waals surface area contributed by atoms with Crippen LogP contribution in [0.4, 0.5) is 0 Å². The van der Waals surface area contributed by atoms with Gasteiger partial charge in [-0.1, -0.05) is 66.2 Å². The second-order valence-corrected chi connectivity index (χ2v) is 8.14. The Morgan fingerprint density at radius 1 is 0.966 bits per heavy atom. The molecule has 5 heteroatoms. The molecule has 0 saturated carbocycles. The number of benzene rings is 2. The van der Waals surface area contributed by atoms with Gasteiger partial charge in [-0.25, -0.2) is 0 Å². The number of rotatable bonds is 9. The lowest BCUT2D eigenvalue weighted by molar-refractivity contribution is -0.126. The number of hydrogen-bond acceptors (Lipinski definition) is 4. The van der Waals surface area contributed by atoms with E-state index in [2.05, 4.69) is 47.9 Å². The molecule has 0 unspecified atom stereocenters. The SMILES string of the molecule is CC(=O)[C@H](Cc1ccccc1)NC(=O)CN[C@H](c1ccc(C)cc1)c1cccs1. The summed E-state index contributed by atoms with van der Waals surface area (Å²) in [5, 5.41) is 8.26. The summed E-state index contributed by atoms with van der Waals surface area (Å²) >= 11 is 1.65. The van der Waals surface area contributed by atoms with Gasteiger partial charge in [0.15, 0.2) is 5.78 Å². The van der Waals surface area contributed by atoms with Crippen molar-refractivity contribution in [2.24, 2.45) is 0 Å². The van der Waals surface area contributed by atoms with Crippen molar-refractivity contribution >= 4 is 23.0 Å². The van der Waals surface area contributed by atoms with Gasteiger partial charge in [-0.05, 0) is 42.8 Å². The maximum atomic E-state index is 12.6. The summed E-state index contributed by atoms with van der Waals surface area (Å²) < 4.78 is 0. The van der Waals surface area contributed by atoms with E-state index in [9.17, 15) is 9.59 Å². The zero-order valence-corrected chi connectivity index (χ0v) is 17.5. The lowest BCUT2D eigenvalue weighted by Crippen LogP contribution is -2.45. The van der Waals surface area contributed by atoms with Gasteiger partial charge in [-0.3, -0.25) is 14.9 Å². The Bertz CT molecular complexity index is 921. The number of Topliss-reactive ketones (excluding diaryl/α,β-unsaturated/α-hetero) is 1. The van der Waals surface area contributed by atoms with Crippen molar-refractivity contribution in [1.82, 2.24) is 10.6 Å². The van der Waals surface area contributed by atoms with Gasteiger partial charge in [-0.15, -0.1) is 11.3 Å². The van der Waals surface area contributed by atoms with E-state index in [1.807, 2.05) is 41.8 Å². The monoisotopic (exact) mass is 406 g/mol. The average molecular weight is 407 g/mol. The van der Waals surface area contributed by atoms with Crippen molar-refractivity contribution in [3.05, 3.63) is 93.7 Å². The average Bonchev–Trinajstić information content (AvgIpc) is 3.24. The number of nitrogens with one attached hydrogen (secondary N) is 2. The van der Waals surface area contributed by atoms with Crippen molar-refractivity contribution in [3.8, 4) is 0 Å². The Balaban J connectivity index is 1.64. The minimum Gasteiger partial charge on any atom is -0.345 e. The van der Waals surface area contributed by atoms with Crippen LogP contribution < -0.4 is 10.6 Å². The fraction of sp³-hybridized carbons (Fsp3) is 0.250. The minimum absolute atomic E-state index is 0.0458. The summed E-state index contributed by atoms with van der Waals surface area (Å²) in [6.07, 6.45) is 0.494. The molecule has 29 heavy (non-hydrogen) atoms. The van der Waals surface area contributed by atoms with Gasteiger partial charge in [0.05, 0.1) is 18.6 Å². The Kier molecular flexibility index (Phi) is 7.33. The Labute approximate surface area is 176 Å². The van der Waals surface area contributed by atoms with Gasteiger partial charge in [0, 0.05) is 4.88 Å². The predicted octanol–water partition coefficient (Wildman–Crippen LogP) is 4.05. The molecule has 2 aromatic carbocycles. The molecule has 1 heterocycles. The van der Waals surface area contributed by atoms with E-state index in [0.29, 0.717) is 6.42 Å². The molecule has 0 saturated heterocycles. The molecule has 4 nitrogen and oxygen atoms in total. The van der Waals surface area contributed by atoms with Crippen LogP contribution >= 0.6 is 11.3 Å². The van der Waals surface area contributed by atoms with Crippen molar-refractivity contribution in [2.45, 2.75) is 32.4 Å². The van der Waals surface area contributed by atoms with Crippen LogP contribution in [0.1, 0.15) is 34.5 Å². The first kappa shape index (κ1) is 21.0. The first-order valence-electron chi connectivity index (χ1n) is 9.70. The smallest absolute Gasteiger partial charge is 0.234 e. The van der Waals surface area contributed by atoms with Crippen LogP contribution in [0.25, 0.3) is 0 Å². The number of hydrogen-bond donors (Lipinski definition) is 2. The van der Waals surface area contributed by atoms with Crippen LogP contribution in [0.5, 0.6) is 0 Å². The molecular formula is C24H26N2O2S. The molecule has 3 rings (SSSR count). The second kappa shape index (κ2) is 10.1. The number of ketones is 1. The second-order valence-electron chi connectivity index (χ2n) is 7.16. The molecule has 3 aromatic rings. The van der Waals surface area contributed by atoms with E-state index in [4.69, 9.17) is 0 Å². The van der Waals surface area contributed by atoms with Gasteiger partial charge >= 0.3 is 0 Å². The van der Waals surface area contributed by atoms with Crippen molar-refractivity contribution in [1.29, 1.82) is 0 Å². The highest BCUT2D eigenvalue weighted by Crippen LogP contribution is 2.26. The van der Waals surface area contributed by atoms with E-state index in [0.717, 1.165) is 16.0 Å². The Morgan fingerprint density at radius 2 is 1.69 bits per heavy atom. The number of amides is 1. The largest absolute Gasteiger partial charge is 0.345 e. The van der Waals surface area contributed by atoms with E-state index >= 15 is 0 Å². The van der Waals surface area contributed by atoms with Crippen molar-refractivity contribution in [2.75, 3.05) is 6.54 Å². The highest BCUT2D eigenvalue weighted by molar-refractivity contribution is 7.10. The standard InChI is InChI=1S/C24H26N2O2S/c1-17-10-12-20(13-11-17)24(22-9-6-14-29-22)25-16-23(28)26-21(18(2)27)15-19-7-4-3-5-8-19/h3-14,21,24-25H,15-16H2,1-2H3,(H,26,28)/t21-,24+/m0/s1. The van der Waals surface area contributed by atoms with Gasteiger partial charge in [0.2, 0.25) is 5.91 Å². The third-order valence-electron chi connectivity index (χ3n) is 4.81. The summed E-state index contributed by atoms with van der Waals surface area (Å²) in [5.74, 6) is -0.231. The summed E-state index contributed by atoms with van der Waals surface area (Å²) in [6, 6.07) is 21.5. The zero-order chi connectivity index (χ0) is 20.6. The quantitative estimate of drug-likeness (QED) is 0.564. The molecule has 0 bridgehead atoms. The van der Waals surface area contributed by atoms with Crippen molar-refractivity contribution in [3.63, 3.8) is 0 Å². The van der Waals surface area contributed by atoms with Crippen LogP contribution in [-0.2, 0) is 16.0 Å². The molecular weight excluding hydrogens is 380 g/mol. The summed E-state index contributed by atoms with van der Waals surface area (Å²) in [5.41, 5.74) is 3.33. The van der Waals surface area contributed by atoms with Gasteiger partial charge in [0.25, 0.3) is 0 Å². The van der Waals surface area contributed by atoms with Crippen LogP contribution in [0.2, 0.25) is 0 Å². The highest BCUT2D eigenvalue weighted by atomic mass is 32.1. The molecule has 2 N–H and O–H groups in total. The maximum absolute atomic E-state index is 12.6. The first-order valence-corrected chi connectivity index (χ1v) is 10.6. The number of carbonyl (C=O) groups is 2. The summed E-state index contributed by atoms with van der Waals surface area (Å²) in [7, 11) is 0. The Hall–Kier alpha value is -2.76. The fourth-order valence-electron chi connectivity index (χ4n) is 3.18. The molecule has 1 amide bonds. The third kappa shape index (κ3) is 6.11. The first-order chi connectivity index (χ1) is 14.0. The predicted molar refractivity (Wildman–Crippen MR) is 118 cm³/mol. The number of aryl methyl sites for hydroxylation is 1. The third-order valence-corrected chi connectivity index (χ3v) is 5.75. The highest BCUT2D eigenvalue weighted by Gasteiger charge is 2.20. The molecule has 0 spiro atoms. The van der Waals surface area contributed by atoms with Crippen LogP contribution in [0.15, 0.2) is 72.1 Å². The van der Waals surface area contributed by atoms with Crippen LogP contribution in [-0.4, -0.2) is 24.3 Å². The van der Waals surface area contributed by atoms with Crippen molar-refractivity contribution < 1.29 is 9.59 Å². The van der Waals surface area contributed by atoms with Gasteiger partial charge in [-0.2, -0.15) is 0 Å². The zero-order valence-electron chi connectivity index (χ0n) is 16.7. The van der Waals surface area contributed by atoms with Gasteiger partial charge < -0.3 is 5.32 Å². The molecule has 150 valence electrons. The van der Waals surface area contributed by atoms with E-state index in [-0.39, 0.29) is 24.3 Å². The fourth-order valence-corrected chi connectivity index (χ4v) is 4.01. The molecule has 1 aromatic heterocycles. The maximum Gasteiger partial charge on any atom is 0.234 e. The lowest BCUT2D eigenvalue weighted by atomic mass is 10.0. The number of carbonyl (C=O) groups excluding carboxylic acids is 2. The Morgan fingerprint density at radius 3 is 2.31 bits per heavy atom. The molecule has 0 aliphatic carbocycles. The van der Waals surface area contributed by atoms with E-state index in [1.54, 1.807) is 11.3 Å². The molecule has 0 aliphatic heterocycles. The topological polar surface area (TPSA) is 58.2 Å². The summed E-state index contributed by atoms with van der Waals surface area (Å²) in [4.78, 5) is 25.8. The normalized spacial score (nSPS) is 12.9. The van der Waals surface area contributed by atoms with E-state index < -0.39 is 6.04 Å². The van der Waals surface area contributed by atoms with Crippen LogP contribution in [0.3, 0.4) is 0 Å². The van der Waals surface area contributed by atoms with E-state index in [1.165, 1.54) is 12.5 Å². The molecule has 0 aliphatic rings.